The van der Waals surface area contributed by atoms with Crippen LogP contribution in [0.5, 0.6) is 5.75 Å². The van der Waals surface area contributed by atoms with Gasteiger partial charge in [0.2, 0.25) is 5.82 Å². The zero-order valence-electron chi connectivity index (χ0n) is 17.9. The van der Waals surface area contributed by atoms with Gasteiger partial charge in [-0.05, 0) is 50.1 Å². The first-order valence-corrected chi connectivity index (χ1v) is 10.8. The monoisotopic (exact) mass is 451 g/mol. The minimum absolute atomic E-state index is 0.0277. The molecule has 1 aliphatic carbocycles. The van der Waals surface area contributed by atoms with Crippen LogP contribution in [0.15, 0.2) is 47.1 Å². The normalized spacial score (nSPS) is 17.7. The summed E-state index contributed by atoms with van der Waals surface area (Å²) in [5.74, 6) is 1.71. The van der Waals surface area contributed by atoms with E-state index in [2.05, 4.69) is 27.0 Å². The van der Waals surface area contributed by atoms with Gasteiger partial charge in [0.25, 0.3) is 12.4 Å². The van der Waals surface area contributed by atoms with Crippen LogP contribution in [0.1, 0.15) is 31.7 Å². The third-order valence-electron chi connectivity index (χ3n) is 5.60. The summed E-state index contributed by atoms with van der Waals surface area (Å²) in [5.41, 5.74) is 3.75. The Morgan fingerprint density at radius 1 is 1.28 bits per heavy atom. The highest BCUT2D eigenvalue weighted by atomic mass is 35.5. The summed E-state index contributed by atoms with van der Waals surface area (Å²) in [4.78, 5) is 15.3. The lowest BCUT2D eigenvalue weighted by atomic mass is 10.1. The van der Waals surface area contributed by atoms with E-state index in [4.69, 9.17) is 25.6 Å². The SMILES string of the molecule is CC(C)Oc1ccc(-c2nc(-c3cccc4c(C5CC5OC=O)cn(C)c34)no2)cc1Cl. The van der Waals surface area contributed by atoms with Crippen molar-refractivity contribution in [1.82, 2.24) is 14.7 Å². The van der Waals surface area contributed by atoms with Gasteiger partial charge in [0.15, 0.2) is 0 Å². The molecule has 5 rings (SSSR count). The Morgan fingerprint density at radius 3 is 2.88 bits per heavy atom. The molecule has 0 aliphatic heterocycles. The third kappa shape index (κ3) is 3.62. The van der Waals surface area contributed by atoms with Crippen LogP contribution in [0, 0.1) is 0 Å². The van der Waals surface area contributed by atoms with Crippen LogP contribution in [0.4, 0.5) is 0 Å². The van der Waals surface area contributed by atoms with Gasteiger partial charge in [-0.1, -0.05) is 28.9 Å². The molecule has 0 N–H and O–H groups in total. The van der Waals surface area contributed by atoms with Crippen LogP contribution in [-0.4, -0.2) is 33.4 Å². The lowest BCUT2D eigenvalue weighted by molar-refractivity contribution is -0.129. The fourth-order valence-corrected chi connectivity index (χ4v) is 4.35. The van der Waals surface area contributed by atoms with E-state index in [-0.39, 0.29) is 18.1 Å². The zero-order chi connectivity index (χ0) is 22.4. The zero-order valence-corrected chi connectivity index (χ0v) is 18.7. The summed E-state index contributed by atoms with van der Waals surface area (Å²) < 4.78 is 18.4. The van der Waals surface area contributed by atoms with E-state index in [0.29, 0.717) is 29.0 Å². The Bertz CT molecular complexity index is 1310. The van der Waals surface area contributed by atoms with E-state index in [1.54, 1.807) is 12.1 Å². The molecule has 32 heavy (non-hydrogen) atoms. The highest BCUT2D eigenvalue weighted by molar-refractivity contribution is 6.32. The van der Waals surface area contributed by atoms with Gasteiger partial charge in [-0.2, -0.15) is 4.98 Å². The minimum Gasteiger partial charge on any atom is -0.489 e. The molecule has 1 fully saturated rings. The molecule has 2 heterocycles. The van der Waals surface area contributed by atoms with Crippen molar-refractivity contribution >= 4 is 29.0 Å². The molecule has 4 aromatic rings. The van der Waals surface area contributed by atoms with E-state index in [1.807, 2.05) is 39.1 Å². The van der Waals surface area contributed by atoms with Gasteiger partial charge in [0.05, 0.1) is 16.6 Å². The fraction of sp³-hybridized carbons (Fsp3) is 0.292. The molecule has 8 heteroatoms. The first-order chi connectivity index (χ1) is 15.5. The van der Waals surface area contributed by atoms with Gasteiger partial charge in [0.1, 0.15) is 11.9 Å². The molecule has 0 radical (unpaired) electrons. The number of rotatable bonds is 7. The number of hydrogen-bond acceptors (Lipinski definition) is 6. The first kappa shape index (κ1) is 20.6. The summed E-state index contributed by atoms with van der Waals surface area (Å²) in [6, 6.07) is 11.4. The molecule has 164 valence electrons. The number of carbonyl (C=O) groups excluding carboxylic acids is 1. The fourth-order valence-electron chi connectivity index (χ4n) is 4.13. The number of hydrogen-bond donors (Lipinski definition) is 0. The molecule has 0 amide bonds. The van der Waals surface area contributed by atoms with E-state index < -0.39 is 0 Å². The van der Waals surface area contributed by atoms with Crippen LogP contribution in [0.25, 0.3) is 33.7 Å². The van der Waals surface area contributed by atoms with E-state index in [1.165, 1.54) is 0 Å². The predicted molar refractivity (Wildman–Crippen MR) is 121 cm³/mol. The van der Waals surface area contributed by atoms with E-state index in [0.717, 1.165) is 34.0 Å². The predicted octanol–water partition coefficient (Wildman–Crippen LogP) is 5.36. The summed E-state index contributed by atoms with van der Waals surface area (Å²) in [6.07, 6.45) is 2.90. The molecule has 0 bridgehead atoms. The van der Waals surface area contributed by atoms with Crippen LogP contribution in [0.2, 0.25) is 5.02 Å². The molecule has 2 atom stereocenters. The standard InChI is InChI=1S/C24H22ClN3O4/c1-13(2)31-20-8-7-14(9-19(20)25)24-26-23(27-32-24)16-6-4-5-15-18(11-28(3)22(15)16)17-10-21(17)30-12-29/h4-9,11-13,17,21H,10H2,1-3H3. The molecular formula is C24H22ClN3O4. The highest BCUT2D eigenvalue weighted by Crippen LogP contribution is 2.47. The maximum Gasteiger partial charge on any atom is 0.293 e. The van der Waals surface area contributed by atoms with E-state index >= 15 is 0 Å². The number of carbonyl (C=O) groups is 1. The van der Waals surface area contributed by atoms with Crippen molar-refractivity contribution < 1.29 is 18.8 Å². The lowest BCUT2D eigenvalue weighted by Crippen LogP contribution is -2.05. The number of halogens is 1. The van der Waals surface area contributed by atoms with Gasteiger partial charge in [-0.3, -0.25) is 4.79 Å². The maximum absolute atomic E-state index is 10.7. The molecular weight excluding hydrogens is 430 g/mol. The first-order valence-electron chi connectivity index (χ1n) is 10.4. The van der Waals surface area contributed by atoms with Crippen molar-refractivity contribution in [3.8, 4) is 28.6 Å². The average Bonchev–Trinajstić information content (AvgIpc) is 3.19. The van der Waals surface area contributed by atoms with Crippen LogP contribution in [0.3, 0.4) is 0 Å². The number of fused-ring (bicyclic) bond motifs is 1. The number of aryl methyl sites for hydroxylation is 1. The molecule has 7 nitrogen and oxygen atoms in total. The lowest BCUT2D eigenvalue weighted by Gasteiger charge is -2.11. The second-order valence-electron chi connectivity index (χ2n) is 8.24. The third-order valence-corrected chi connectivity index (χ3v) is 5.90. The number of para-hydroxylation sites is 1. The van der Waals surface area contributed by atoms with Crippen molar-refractivity contribution in [2.75, 3.05) is 0 Å². The van der Waals surface area contributed by atoms with Crippen LogP contribution in [-0.2, 0) is 16.6 Å². The van der Waals surface area contributed by atoms with Gasteiger partial charge in [-0.15, -0.1) is 0 Å². The van der Waals surface area contributed by atoms with Gasteiger partial charge in [-0.25, -0.2) is 0 Å². The molecule has 0 spiro atoms. The molecule has 2 aromatic heterocycles. The number of nitrogens with zero attached hydrogens (tertiary/aromatic N) is 3. The van der Waals surface area contributed by atoms with Crippen molar-refractivity contribution in [2.24, 2.45) is 7.05 Å². The Balaban J connectivity index is 1.49. The largest absolute Gasteiger partial charge is 0.489 e. The minimum atomic E-state index is -0.0501. The molecule has 2 unspecified atom stereocenters. The molecule has 0 saturated heterocycles. The molecule has 1 aliphatic rings. The van der Waals surface area contributed by atoms with Crippen LogP contribution >= 0.6 is 11.6 Å². The Labute approximate surface area is 189 Å². The second kappa shape index (κ2) is 7.98. The van der Waals surface area contributed by atoms with Crippen molar-refractivity contribution in [1.29, 1.82) is 0 Å². The Kier molecular flexibility index (Phi) is 5.13. The Hall–Kier alpha value is -3.32. The van der Waals surface area contributed by atoms with Gasteiger partial charge in [0, 0.05) is 35.7 Å². The van der Waals surface area contributed by atoms with Crippen molar-refractivity contribution in [2.45, 2.75) is 38.4 Å². The quantitative estimate of drug-likeness (QED) is 0.352. The number of benzene rings is 2. The van der Waals surface area contributed by atoms with Gasteiger partial charge >= 0.3 is 0 Å². The molecule has 2 aromatic carbocycles. The number of ether oxygens (including phenoxy) is 2. The van der Waals surface area contributed by atoms with Crippen molar-refractivity contribution in [3.05, 3.63) is 53.2 Å². The summed E-state index contributed by atoms with van der Waals surface area (Å²) >= 11 is 6.37. The van der Waals surface area contributed by atoms with Gasteiger partial charge < -0.3 is 18.6 Å². The topological polar surface area (TPSA) is 79.4 Å². The molecule has 1 saturated carbocycles. The summed E-state index contributed by atoms with van der Waals surface area (Å²) in [6.45, 7) is 4.42. The van der Waals surface area contributed by atoms with Crippen molar-refractivity contribution in [3.63, 3.8) is 0 Å². The summed E-state index contributed by atoms with van der Waals surface area (Å²) in [7, 11) is 1.99. The Morgan fingerprint density at radius 2 is 2.12 bits per heavy atom. The van der Waals surface area contributed by atoms with E-state index in [9.17, 15) is 4.79 Å². The highest BCUT2D eigenvalue weighted by Gasteiger charge is 2.42. The smallest absolute Gasteiger partial charge is 0.293 e. The number of aromatic nitrogens is 3. The second-order valence-corrected chi connectivity index (χ2v) is 8.65. The maximum atomic E-state index is 10.7. The van der Waals surface area contributed by atoms with Crippen LogP contribution < -0.4 is 4.74 Å². The summed E-state index contributed by atoms with van der Waals surface area (Å²) in [5, 5.41) is 5.81. The average molecular weight is 452 g/mol.